The van der Waals surface area contributed by atoms with Gasteiger partial charge in [-0.1, -0.05) is 18.2 Å². The van der Waals surface area contributed by atoms with Crippen LogP contribution in [0.2, 0.25) is 0 Å². The number of guanidine groups is 1. The van der Waals surface area contributed by atoms with E-state index in [2.05, 4.69) is 46.8 Å². The molecule has 3 aliphatic heterocycles. The van der Waals surface area contributed by atoms with Crippen molar-refractivity contribution in [2.24, 2.45) is 15.9 Å². The smallest absolute Gasteiger partial charge is 0.203 e. The molecule has 3 aliphatic rings. The number of nitrogens with one attached hydrogen (secondary N) is 2. The summed E-state index contributed by atoms with van der Waals surface area (Å²) in [5.74, 6) is 2.10. The van der Waals surface area contributed by atoms with E-state index < -0.39 is 0 Å². The van der Waals surface area contributed by atoms with Crippen molar-refractivity contribution in [1.82, 2.24) is 20.7 Å². The average Bonchev–Trinajstić information content (AvgIpc) is 3.09. The van der Waals surface area contributed by atoms with Crippen molar-refractivity contribution in [3.63, 3.8) is 0 Å². The molecule has 138 valence electrons. The van der Waals surface area contributed by atoms with Crippen molar-refractivity contribution in [1.29, 1.82) is 0 Å². The predicted octanol–water partition coefficient (Wildman–Crippen LogP) is 1.81. The number of benzene rings is 1. The molecule has 1 aromatic carbocycles. The van der Waals surface area contributed by atoms with Crippen LogP contribution < -0.4 is 10.9 Å². The van der Waals surface area contributed by atoms with Gasteiger partial charge in [0.25, 0.3) is 0 Å². The van der Waals surface area contributed by atoms with Crippen LogP contribution in [0.1, 0.15) is 37.9 Å². The Balaban J connectivity index is 1.64. The standard InChI is InChI=1S/C19H26N6O/c1-13-11-17(23-22-13)21-18-15-5-3-4-6-16(15)20-19(24(18)2)25-9-7-14(12-26)8-10-25/h3-6,12-14,18,22H,7-11H2,1-2H3,(H,21,23). The molecule has 3 heterocycles. The van der Waals surface area contributed by atoms with Crippen molar-refractivity contribution in [3.05, 3.63) is 29.8 Å². The molecule has 1 aromatic rings. The second-order valence-corrected chi connectivity index (χ2v) is 7.37. The lowest BCUT2D eigenvalue weighted by atomic mass is 9.98. The first-order valence-electron chi connectivity index (χ1n) is 9.34. The van der Waals surface area contributed by atoms with Gasteiger partial charge in [0.1, 0.15) is 12.1 Å². The number of carbonyl (C=O) groups excluding carboxylic acids is 1. The highest BCUT2D eigenvalue weighted by Gasteiger charge is 2.32. The SMILES string of the molecule is CC1C/C(=N\C2c3ccccc3N=C(N3CCC(C=O)CC3)N2C)NN1. The molecule has 2 N–H and O–H groups in total. The molecule has 26 heavy (non-hydrogen) atoms. The first-order chi connectivity index (χ1) is 12.7. The third-order valence-electron chi connectivity index (χ3n) is 5.37. The number of piperidine rings is 1. The fraction of sp³-hybridized carbons (Fsp3) is 0.526. The summed E-state index contributed by atoms with van der Waals surface area (Å²) in [6.07, 6.45) is 3.66. The Bertz CT molecular complexity index is 737. The van der Waals surface area contributed by atoms with E-state index in [1.54, 1.807) is 0 Å². The van der Waals surface area contributed by atoms with Gasteiger partial charge in [-0.3, -0.25) is 0 Å². The highest BCUT2D eigenvalue weighted by molar-refractivity contribution is 5.88. The Hall–Kier alpha value is -2.41. The quantitative estimate of drug-likeness (QED) is 0.793. The molecule has 2 atom stereocenters. The molecule has 2 unspecified atom stereocenters. The summed E-state index contributed by atoms with van der Waals surface area (Å²) in [6.45, 7) is 3.85. The Morgan fingerprint density at radius 2 is 2.04 bits per heavy atom. The maximum absolute atomic E-state index is 11.1. The fourth-order valence-electron chi connectivity index (χ4n) is 3.83. The van der Waals surface area contributed by atoms with E-state index in [0.29, 0.717) is 6.04 Å². The molecule has 0 bridgehead atoms. The van der Waals surface area contributed by atoms with E-state index in [1.165, 1.54) is 0 Å². The van der Waals surface area contributed by atoms with Gasteiger partial charge < -0.3 is 20.0 Å². The largest absolute Gasteiger partial charge is 0.342 e. The van der Waals surface area contributed by atoms with Gasteiger partial charge >= 0.3 is 0 Å². The van der Waals surface area contributed by atoms with Crippen LogP contribution in [0.25, 0.3) is 0 Å². The van der Waals surface area contributed by atoms with Crippen LogP contribution in [0.3, 0.4) is 0 Å². The molecule has 0 amide bonds. The van der Waals surface area contributed by atoms with Gasteiger partial charge in [0, 0.05) is 44.1 Å². The molecular weight excluding hydrogens is 328 g/mol. The molecule has 2 fully saturated rings. The summed E-state index contributed by atoms with van der Waals surface area (Å²) in [6, 6.07) is 8.60. The summed E-state index contributed by atoms with van der Waals surface area (Å²) >= 11 is 0. The molecule has 0 aliphatic carbocycles. The van der Waals surface area contributed by atoms with Gasteiger partial charge in [0.2, 0.25) is 5.96 Å². The van der Waals surface area contributed by atoms with Gasteiger partial charge in [-0.05, 0) is 25.8 Å². The fourth-order valence-corrected chi connectivity index (χ4v) is 3.83. The van der Waals surface area contributed by atoms with E-state index in [0.717, 1.165) is 61.7 Å². The monoisotopic (exact) mass is 354 g/mol. The van der Waals surface area contributed by atoms with Crippen molar-refractivity contribution in [2.75, 3.05) is 20.1 Å². The normalized spacial score (nSPS) is 27.9. The molecule has 0 spiro atoms. The van der Waals surface area contributed by atoms with Crippen LogP contribution in [0.5, 0.6) is 0 Å². The minimum absolute atomic E-state index is 0.0999. The molecule has 7 heteroatoms. The third-order valence-corrected chi connectivity index (χ3v) is 5.37. The Kier molecular flexibility index (Phi) is 4.63. The summed E-state index contributed by atoms with van der Waals surface area (Å²) in [7, 11) is 2.06. The summed E-state index contributed by atoms with van der Waals surface area (Å²) in [5, 5.41) is 0. The van der Waals surface area contributed by atoms with E-state index in [4.69, 9.17) is 9.98 Å². The first kappa shape index (κ1) is 17.0. The Labute approximate surface area is 154 Å². The highest BCUT2D eigenvalue weighted by atomic mass is 16.1. The number of likely N-dealkylation sites (tertiary alicyclic amines) is 1. The van der Waals surface area contributed by atoms with E-state index in [-0.39, 0.29) is 12.1 Å². The number of para-hydroxylation sites is 1. The number of rotatable bonds is 2. The van der Waals surface area contributed by atoms with Gasteiger partial charge in [0.15, 0.2) is 6.17 Å². The van der Waals surface area contributed by atoms with E-state index in [9.17, 15) is 4.79 Å². The minimum Gasteiger partial charge on any atom is -0.342 e. The van der Waals surface area contributed by atoms with Crippen molar-refractivity contribution in [3.8, 4) is 0 Å². The van der Waals surface area contributed by atoms with Crippen LogP contribution in [-0.2, 0) is 4.79 Å². The van der Waals surface area contributed by atoms with Gasteiger partial charge in [-0.25, -0.2) is 15.4 Å². The first-order valence-corrected chi connectivity index (χ1v) is 9.34. The van der Waals surface area contributed by atoms with Crippen molar-refractivity contribution < 1.29 is 4.79 Å². The van der Waals surface area contributed by atoms with Gasteiger partial charge in [-0.15, -0.1) is 0 Å². The molecule has 0 aromatic heterocycles. The lowest BCUT2D eigenvalue weighted by Gasteiger charge is -2.41. The third kappa shape index (κ3) is 3.19. The maximum atomic E-state index is 11.1. The zero-order valence-electron chi connectivity index (χ0n) is 15.4. The second kappa shape index (κ2) is 7.07. The van der Waals surface area contributed by atoms with Gasteiger partial charge in [-0.2, -0.15) is 0 Å². The number of hydrazine groups is 1. The molecular formula is C19H26N6O. The van der Waals surface area contributed by atoms with Crippen LogP contribution in [0.15, 0.2) is 34.3 Å². The maximum Gasteiger partial charge on any atom is 0.203 e. The predicted molar refractivity (Wildman–Crippen MR) is 102 cm³/mol. The Morgan fingerprint density at radius 3 is 2.73 bits per heavy atom. The lowest BCUT2D eigenvalue weighted by Crippen LogP contribution is -2.48. The summed E-state index contributed by atoms with van der Waals surface area (Å²) in [5.41, 5.74) is 8.50. The molecule has 0 saturated carbocycles. The number of aldehydes is 1. The molecule has 4 rings (SSSR count). The van der Waals surface area contributed by atoms with Crippen LogP contribution in [0.4, 0.5) is 5.69 Å². The topological polar surface area (TPSA) is 72.3 Å². The molecule has 7 nitrogen and oxygen atoms in total. The van der Waals surface area contributed by atoms with E-state index >= 15 is 0 Å². The highest BCUT2D eigenvalue weighted by Crippen LogP contribution is 2.36. The zero-order chi connectivity index (χ0) is 18.1. The number of aliphatic imine (C=N–C) groups is 2. The average molecular weight is 354 g/mol. The van der Waals surface area contributed by atoms with Crippen LogP contribution in [0, 0.1) is 5.92 Å². The number of nitrogens with zero attached hydrogens (tertiary/aromatic N) is 4. The number of hydrogen-bond acceptors (Lipinski definition) is 6. The minimum atomic E-state index is -0.0999. The van der Waals surface area contributed by atoms with Crippen molar-refractivity contribution in [2.45, 2.75) is 38.4 Å². The molecule has 2 saturated heterocycles. The zero-order valence-corrected chi connectivity index (χ0v) is 15.4. The number of carbonyl (C=O) groups is 1. The lowest BCUT2D eigenvalue weighted by molar-refractivity contribution is -0.112. The van der Waals surface area contributed by atoms with Gasteiger partial charge in [0.05, 0.1) is 5.69 Å². The summed E-state index contributed by atoms with van der Waals surface area (Å²) in [4.78, 5) is 25.4. The number of fused-ring (bicyclic) bond motifs is 1. The summed E-state index contributed by atoms with van der Waals surface area (Å²) < 4.78 is 0. The number of hydrogen-bond donors (Lipinski definition) is 2. The molecule has 0 radical (unpaired) electrons. The number of amidine groups is 1. The van der Waals surface area contributed by atoms with Crippen molar-refractivity contribution >= 4 is 23.8 Å². The van der Waals surface area contributed by atoms with Crippen LogP contribution in [-0.4, -0.2) is 54.1 Å². The van der Waals surface area contributed by atoms with E-state index in [1.807, 2.05) is 12.1 Å². The van der Waals surface area contributed by atoms with Crippen LogP contribution >= 0.6 is 0 Å². The Morgan fingerprint density at radius 1 is 1.27 bits per heavy atom. The second-order valence-electron chi connectivity index (χ2n) is 7.37.